The Bertz CT molecular complexity index is 2420. The van der Waals surface area contributed by atoms with Gasteiger partial charge in [-0.1, -0.05) is 97.1 Å². The van der Waals surface area contributed by atoms with Gasteiger partial charge >= 0.3 is 0 Å². The monoisotopic (exact) mass is 569 g/mol. The minimum Gasteiger partial charge on any atom is -0.244 e. The zero-order valence-corrected chi connectivity index (χ0v) is 24.7. The summed E-state index contributed by atoms with van der Waals surface area (Å²) in [5.74, 6) is 0.633. The molecule has 3 aromatic heterocycles. The van der Waals surface area contributed by atoms with E-state index in [9.17, 15) is 0 Å². The van der Waals surface area contributed by atoms with Crippen molar-refractivity contribution in [1.29, 1.82) is 0 Å². The predicted octanol–water partition coefficient (Wildman–Crippen LogP) is 10.9. The third-order valence-electron chi connectivity index (χ3n) is 8.20. The fraction of sp³-hybridized carbons (Fsp3) is 0.0513. The molecule has 0 saturated carbocycles. The first-order chi connectivity index (χ1) is 21.2. The van der Waals surface area contributed by atoms with E-state index >= 15 is 0 Å². The molecule has 0 fully saturated rings. The highest BCUT2D eigenvalue weighted by atomic mass is 32.1. The molecule has 0 aliphatic rings. The first-order valence-electron chi connectivity index (χ1n) is 14.5. The molecule has 204 valence electrons. The Morgan fingerprint density at radius 1 is 0.581 bits per heavy atom. The van der Waals surface area contributed by atoms with Crippen LogP contribution in [0, 0.1) is 0 Å². The standard InChI is InChI=1S/C39H27N3S/c1-3-25(21-24(2)26-13-5-4-6-14-26)37-30-18-9-11-19-33(30)41-39(42-37)38-29-17-8-7-15-27(29)31-22-32-28-16-10-12-20-35(28)43-36(32)23-34(31)40-38/h3-23H,1-2H3/b24-21+,25-3+. The molecule has 5 aromatic carbocycles. The van der Waals surface area contributed by atoms with Crippen molar-refractivity contribution < 1.29 is 0 Å². The molecule has 0 N–H and O–H groups in total. The second-order valence-corrected chi connectivity index (χ2v) is 11.9. The molecule has 0 bridgehead atoms. The van der Waals surface area contributed by atoms with Crippen LogP contribution < -0.4 is 0 Å². The van der Waals surface area contributed by atoms with Gasteiger partial charge in [0.25, 0.3) is 0 Å². The van der Waals surface area contributed by atoms with Gasteiger partial charge < -0.3 is 0 Å². The minimum atomic E-state index is 0.633. The molecule has 0 saturated heterocycles. The molecular formula is C39H27N3S. The molecule has 8 rings (SSSR count). The summed E-state index contributed by atoms with van der Waals surface area (Å²) < 4.78 is 2.53. The van der Waals surface area contributed by atoms with Crippen LogP contribution in [0.5, 0.6) is 0 Å². The average Bonchev–Trinajstić information content (AvgIpc) is 3.43. The first-order valence-corrected chi connectivity index (χ1v) is 15.3. The fourth-order valence-electron chi connectivity index (χ4n) is 6.05. The van der Waals surface area contributed by atoms with Crippen molar-refractivity contribution in [3.63, 3.8) is 0 Å². The van der Waals surface area contributed by atoms with Crippen LogP contribution >= 0.6 is 11.3 Å². The van der Waals surface area contributed by atoms with E-state index in [4.69, 9.17) is 15.0 Å². The summed E-state index contributed by atoms with van der Waals surface area (Å²) in [5.41, 5.74) is 6.99. The Morgan fingerprint density at radius 2 is 1.28 bits per heavy atom. The van der Waals surface area contributed by atoms with Crippen LogP contribution in [0.25, 0.3) is 75.4 Å². The topological polar surface area (TPSA) is 38.7 Å². The summed E-state index contributed by atoms with van der Waals surface area (Å²) in [7, 11) is 0. The summed E-state index contributed by atoms with van der Waals surface area (Å²) in [6, 6.07) is 40.4. The number of para-hydroxylation sites is 1. The highest BCUT2D eigenvalue weighted by Gasteiger charge is 2.18. The number of nitrogens with zero attached hydrogens (tertiary/aromatic N) is 3. The van der Waals surface area contributed by atoms with E-state index in [0.717, 1.165) is 49.5 Å². The molecule has 8 aromatic rings. The molecule has 43 heavy (non-hydrogen) atoms. The SMILES string of the molecule is C/C=C(\C=C(/C)c1ccccc1)c1nc(-c2nc3cc4sc5ccccc5c4cc3c3ccccc23)nc2ccccc12. The van der Waals surface area contributed by atoms with Crippen LogP contribution in [0.1, 0.15) is 25.1 Å². The number of rotatable bonds is 4. The normalized spacial score (nSPS) is 12.7. The van der Waals surface area contributed by atoms with Crippen molar-refractivity contribution in [1.82, 2.24) is 15.0 Å². The quantitative estimate of drug-likeness (QED) is 0.156. The highest BCUT2D eigenvalue weighted by Crippen LogP contribution is 2.40. The van der Waals surface area contributed by atoms with E-state index in [1.165, 1.54) is 31.3 Å². The van der Waals surface area contributed by atoms with E-state index in [0.29, 0.717) is 5.82 Å². The summed E-state index contributed by atoms with van der Waals surface area (Å²) in [6.45, 7) is 4.22. The van der Waals surface area contributed by atoms with Crippen LogP contribution in [0.4, 0.5) is 0 Å². The van der Waals surface area contributed by atoms with Crippen molar-refractivity contribution in [3.8, 4) is 11.5 Å². The van der Waals surface area contributed by atoms with Gasteiger partial charge in [0.05, 0.1) is 16.7 Å². The van der Waals surface area contributed by atoms with Crippen LogP contribution in [0.2, 0.25) is 0 Å². The summed E-state index contributed by atoms with van der Waals surface area (Å²) in [6.07, 6.45) is 4.35. The molecule has 0 radical (unpaired) electrons. The van der Waals surface area contributed by atoms with Gasteiger partial charge in [-0.15, -0.1) is 11.3 Å². The number of hydrogen-bond donors (Lipinski definition) is 0. The van der Waals surface area contributed by atoms with Crippen molar-refractivity contribution in [2.75, 3.05) is 0 Å². The Hall–Kier alpha value is -5.19. The molecular weight excluding hydrogens is 543 g/mol. The smallest absolute Gasteiger partial charge is 0.179 e. The molecule has 3 heterocycles. The van der Waals surface area contributed by atoms with Gasteiger partial charge in [0.1, 0.15) is 5.69 Å². The lowest BCUT2D eigenvalue weighted by Crippen LogP contribution is -2.00. The number of aromatic nitrogens is 3. The molecule has 0 unspecified atom stereocenters. The highest BCUT2D eigenvalue weighted by molar-refractivity contribution is 7.25. The second-order valence-electron chi connectivity index (χ2n) is 10.8. The molecule has 0 amide bonds. The average molecular weight is 570 g/mol. The summed E-state index contributed by atoms with van der Waals surface area (Å²) in [5, 5.41) is 6.94. The van der Waals surface area contributed by atoms with Gasteiger partial charge in [-0.3, -0.25) is 0 Å². The molecule has 4 heteroatoms. The largest absolute Gasteiger partial charge is 0.244 e. The van der Waals surface area contributed by atoms with Crippen LogP contribution in [-0.2, 0) is 0 Å². The van der Waals surface area contributed by atoms with E-state index in [1.807, 2.05) is 23.5 Å². The number of thiophene rings is 1. The van der Waals surface area contributed by atoms with Gasteiger partial charge in [0.2, 0.25) is 0 Å². The molecule has 0 spiro atoms. The van der Waals surface area contributed by atoms with Crippen molar-refractivity contribution >= 4 is 75.2 Å². The minimum absolute atomic E-state index is 0.633. The van der Waals surface area contributed by atoms with Gasteiger partial charge in [-0.2, -0.15) is 0 Å². The zero-order valence-electron chi connectivity index (χ0n) is 23.9. The fourth-order valence-corrected chi connectivity index (χ4v) is 7.17. The van der Waals surface area contributed by atoms with Crippen molar-refractivity contribution in [3.05, 3.63) is 139 Å². The zero-order chi connectivity index (χ0) is 28.9. The maximum Gasteiger partial charge on any atom is 0.179 e. The molecule has 0 atom stereocenters. The Morgan fingerprint density at radius 3 is 2.09 bits per heavy atom. The first kappa shape index (κ1) is 25.5. The van der Waals surface area contributed by atoms with Gasteiger partial charge in [-0.25, -0.2) is 15.0 Å². The number of pyridine rings is 1. The Balaban J connectivity index is 1.39. The van der Waals surface area contributed by atoms with E-state index < -0.39 is 0 Å². The second kappa shape index (κ2) is 10.3. The number of allylic oxidation sites excluding steroid dienone is 4. The van der Waals surface area contributed by atoms with Crippen molar-refractivity contribution in [2.24, 2.45) is 0 Å². The number of hydrogen-bond acceptors (Lipinski definition) is 4. The number of benzene rings is 5. The third kappa shape index (κ3) is 4.30. The lowest BCUT2D eigenvalue weighted by molar-refractivity contribution is 1.18. The predicted molar refractivity (Wildman–Crippen MR) is 184 cm³/mol. The van der Waals surface area contributed by atoms with E-state index in [1.54, 1.807) is 0 Å². The van der Waals surface area contributed by atoms with Crippen LogP contribution in [0.3, 0.4) is 0 Å². The molecule has 0 aliphatic heterocycles. The van der Waals surface area contributed by atoms with Crippen LogP contribution in [-0.4, -0.2) is 15.0 Å². The lowest BCUT2D eigenvalue weighted by Gasteiger charge is -2.13. The lowest BCUT2D eigenvalue weighted by atomic mass is 9.99. The summed E-state index contributed by atoms with van der Waals surface area (Å²) in [4.78, 5) is 15.6. The van der Waals surface area contributed by atoms with Crippen LogP contribution in [0.15, 0.2) is 127 Å². The maximum absolute atomic E-state index is 5.28. The Labute approximate surface area is 253 Å². The van der Waals surface area contributed by atoms with Crippen molar-refractivity contribution in [2.45, 2.75) is 13.8 Å². The van der Waals surface area contributed by atoms with Gasteiger partial charge in [0.15, 0.2) is 5.82 Å². The van der Waals surface area contributed by atoms with Gasteiger partial charge in [-0.05, 0) is 66.3 Å². The van der Waals surface area contributed by atoms with Gasteiger partial charge in [0, 0.05) is 36.3 Å². The van der Waals surface area contributed by atoms with E-state index in [2.05, 4.69) is 129 Å². The summed E-state index contributed by atoms with van der Waals surface area (Å²) >= 11 is 1.81. The maximum atomic E-state index is 5.28. The molecule has 0 aliphatic carbocycles. The third-order valence-corrected chi connectivity index (χ3v) is 9.33. The Kier molecular flexibility index (Phi) is 6.09. The van der Waals surface area contributed by atoms with E-state index in [-0.39, 0.29) is 0 Å². The number of fused-ring (bicyclic) bond motifs is 7. The molecule has 3 nitrogen and oxygen atoms in total.